The second-order valence-electron chi connectivity index (χ2n) is 5.32. The van der Waals surface area contributed by atoms with Crippen molar-refractivity contribution in [2.75, 3.05) is 13.1 Å². The topological polar surface area (TPSA) is 42.4 Å². The summed E-state index contributed by atoms with van der Waals surface area (Å²) < 4.78 is 5.94. The molecule has 2 aromatic rings. The largest absolute Gasteiger partial charge is 0.488 e. The van der Waals surface area contributed by atoms with Crippen LogP contribution in [0.4, 0.5) is 0 Å². The molecule has 1 amide bonds. The van der Waals surface area contributed by atoms with Crippen LogP contribution in [0.3, 0.4) is 0 Å². The number of carbonyl (C=O) groups excluding carboxylic acids is 1. The predicted octanol–water partition coefficient (Wildman–Crippen LogP) is 3.42. The SMILES string of the molecule is O=C(c1ccc(Cl)cc1)N1CCCC(Oc2ccncc2)C1. The van der Waals surface area contributed by atoms with Gasteiger partial charge in [-0.1, -0.05) is 11.6 Å². The highest BCUT2D eigenvalue weighted by molar-refractivity contribution is 6.30. The van der Waals surface area contributed by atoms with E-state index in [0.717, 1.165) is 25.1 Å². The lowest BCUT2D eigenvalue weighted by Gasteiger charge is -2.33. The highest BCUT2D eigenvalue weighted by Crippen LogP contribution is 2.20. The number of carbonyl (C=O) groups is 1. The first-order chi connectivity index (χ1) is 10.7. The molecule has 1 atom stereocenters. The fourth-order valence-corrected chi connectivity index (χ4v) is 2.73. The highest BCUT2D eigenvalue weighted by atomic mass is 35.5. The van der Waals surface area contributed by atoms with Gasteiger partial charge in [0.05, 0.1) is 6.54 Å². The van der Waals surface area contributed by atoms with Crippen molar-refractivity contribution in [3.63, 3.8) is 0 Å². The molecule has 0 bridgehead atoms. The number of rotatable bonds is 3. The Morgan fingerprint density at radius 3 is 2.64 bits per heavy atom. The number of pyridine rings is 1. The maximum Gasteiger partial charge on any atom is 0.253 e. The summed E-state index contributed by atoms with van der Waals surface area (Å²) in [4.78, 5) is 18.3. The van der Waals surface area contributed by atoms with Crippen molar-refractivity contribution in [2.45, 2.75) is 18.9 Å². The van der Waals surface area contributed by atoms with E-state index in [9.17, 15) is 4.79 Å². The minimum atomic E-state index is 0.0207. The molecule has 2 heterocycles. The zero-order chi connectivity index (χ0) is 15.4. The Labute approximate surface area is 134 Å². The molecule has 1 unspecified atom stereocenters. The molecule has 1 saturated heterocycles. The molecular weight excluding hydrogens is 300 g/mol. The Morgan fingerprint density at radius 2 is 1.91 bits per heavy atom. The number of halogens is 1. The van der Waals surface area contributed by atoms with Crippen molar-refractivity contribution in [3.05, 3.63) is 59.4 Å². The summed E-state index contributed by atoms with van der Waals surface area (Å²) in [7, 11) is 0. The van der Waals surface area contributed by atoms with Gasteiger partial charge in [-0.2, -0.15) is 0 Å². The van der Waals surface area contributed by atoms with Gasteiger partial charge in [0.15, 0.2) is 0 Å². The molecule has 0 spiro atoms. The molecule has 4 nitrogen and oxygen atoms in total. The van der Waals surface area contributed by atoms with Crippen LogP contribution in [-0.4, -0.2) is 35.0 Å². The Morgan fingerprint density at radius 1 is 1.18 bits per heavy atom. The minimum Gasteiger partial charge on any atom is -0.488 e. The fourth-order valence-electron chi connectivity index (χ4n) is 2.60. The van der Waals surface area contributed by atoms with Gasteiger partial charge < -0.3 is 9.64 Å². The number of nitrogens with zero attached hydrogens (tertiary/aromatic N) is 2. The first-order valence-corrected chi connectivity index (χ1v) is 7.72. The van der Waals surface area contributed by atoms with Crippen LogP contribution in [0.1, 0.15) is 23.2 Å². The summed E-state index contributed by atoms with van der Waals surface area (Å²) >= 11 is 5.87. The summed E-state index contributed by atoms with van der Waals surface area (Å²) in [5, 5.41) is 0.633. The van der Waals surface area contributed by atoms with Gasteiger partial charge >= 0.3 is 0 Å². The summed E-state index contributed by atoms with van der Waals surface area (Å²) in [6, 6.07) is 10.7. The van der Waals surface area contributed by atoms with E-state index in [1.807, 2.05) is 17.0 Å². The molecule has 22 heavy (non-hydrogen) atoms. The van der Waals surface area contributed by atoms with Gasteiger partial charge in [0, 0.05) is 29.5 Å². The lowest BCUT2D eigenvalue weighted by molar-refractivity contribution is 0.0538. The number of hydrogen-bond donors (Lipinski definition) is 0. The fraction of sp³-hybridized carbons (Fsp3) is 0.294. The lowest BCUT2D eigenvalue weighted by atomic mass is 10.1. The van der Waals surface area contributed by atoms with Crippen LogP contribution < -0.4 is 4.74 Å². The normalized spacial score (nSPS) is 18.0. The van der Waals surface area contributed by atoms with Gasteiger partial charge in [0.25, 0.3) is 5.91 Å². The zero-order valence-electron chi connectivity index (χ0n) is 12.1. The Balaban J connectivity index is 1.65. The standard InChI is InChI=1S/C17H17ClN2O2/c18-14-5-3-13(4-6-14)17(21)20-11-1-2-16(12-20)22-15-7-9-19-10-8-15/h3-10,16H,1-2,11-12H2. The number of benzene rings is 1. The molecule has 1 fully saturated rings. The molecule has 0 aliphatic carbocycles. The van der Waals surface area contributed by atoms with Crippen LogP contribution in [0.25, 0.3) is 0 Å². The van der Waals surface area contributed by atoms with E-state index in [2.05, 4.69) is 4.98 Å². The van der Waals surface area contributed by atoms with Crippen molar-refractivity contribution >= 4 is 17.5 Å². The van der Waals surface area contributed by atoms with Gasteiger partial charge in [-0.3, -0.25) is 9.78 Å². The first-order valence-electron chi connectivity index (χ1n) is 7.34. The molecule has 1 aromatic carbocycles. The van der Waals surface area contributed by atoms with Crippen molar-refractivity contribution in [1.82, 2.24) is 9.88 Å². The molecule has 1 aromatic heterocycles. The number of amides is 1. The Kier molecular flexibility index (Phi) is 4.59. The number of piperidine rings is 1. The predicted molar refractivity (Wildman–Crippen MR) is 85.2 cm³/mol. The molecule has 114 valence electrons. The molecule has 5 heteroatoms. The van der Waals surface area contributed by atoms with Crippen LogP contribution in [0, 0.1) is 0 Å². The molecule has 3 rings (SSSR count). The van der Waals surface area contributed by atoms with E-state index in [-0.39, 0.29) is 12.0 Å². The molecule has 0 radical (unpaired) electrons. The molecule has 0 N–H and O–H groups in total. The summed E-state index contributed by atoms with van der Waals surface area (Å²) in [5.74, 6) is 0.820. The van der Waals surface area contributed by atoms with Crippen LogP contribution in [-0.2, 0) is 0 Å². The van der Waals surface area contributed by atoms with Crippen molar-refractivity contribution in [1.29, 1.82) is 0 Å². The van der Waals surface area contributed by atoms with Crippen LogP contribution >= 0.6 is 11.6 Å². The average molecular weight is 317 g/mol. The number of aromatic nitrogens is 1. The smallest absolute Gasteiger partial charge is 0.253 e. The van der Waals surface area contributed by atoms with E-state index in [4.69, 9.17) is 16.3 Å². The number of likely N-dealkylation sites (tertiary alicyclic amines) is 1. The minimum absolute atomic E-state index is 0.0207. The molecular formula is C17H17ClN2O2. The van der Waals surface area contributed by atoms with Crippen molar-refractivity contribution in [3.8, 4) is 5.75 Å². The summed E-state index contributed by atoms with van der Waals surface area (Å²) in [6.07, 6.45) is 5.32. The second-order valence-corrected chi connectivity index (χ2v) is 5.76. The van der Waals surface area contributed by atoms with Crippen molar-refractivity contribution in [2.24, 2.45) is 0 Å². The Hall–Kier alpha value is -2.07. The van der Waals surface area contributed by atoms with Gasteiger partial charge in [-0.15, -0.1) is 0 Å². The molecule has 1 aliphatic rings. The number of hydrogen-bond acceptors (Lipinski definition) is 3. The molecule has 0 saturated carbocycles. The third-order valence-electron chi connectivity index (χ3n) is 3.71. The first kappa shape index (κ1) is 14.9. The van der Waals surface area contributed by atoms with Gasteiger partial charge in [0.2, 0.25) is 0 Å². The summed E-state index contributed by atoms with van der Waals surface area (Å²) in [5.41, 5.74) is 0.661. The monoisotopic (exact) mass is 316 g/mol. The van der Waals surface area contributed by atoms with Gasteiger partial charge in [-0.25, -0.2) is 0 Å². The zero-order valence-corrected chi connectivity index (χ0v) is 12.9. The molecule has 1 aliphatic heterocycles. The van der Waals surface area contributed by atoms with Crippen LogP contribution in [0.2, 0.25) is 5.02 Å². The average Bonchev–Trinajstić information content (AvgIpc) is 2.56. The third kappa shape index (κ3) is 3.57. The van der Waals surface area contributed by atoms with E-state index in [1.165, 1.54) is 0 Å². The van der Waals surface area contributed by atoms with Gasteiger partial charge in [0.1, 0.15) is 11.9 Å². The van der Waals surface area contributed by atoms with Gasteiger partial charge in [-0.05, 0) is 49.2 Å². The third-order valence-corrected chi connectivity index (χ3v) is 3.96. The second kappa shape index (κ2) is 6.79. The lowest BCUT2D eigenvalue weighted by Crippen LogP contribution is -2.44. The van der Waals surface area contributed by atoms with E-state index >= 15 is 0 Å². The maximum absolute atomic E-state index is 12.5. The van der Waals surface area contributed by atoms with E-state index in [1.54, 1.807) is 36.7 Å². The highest BCUT2D eigenvalue weighted by Gasteiger charge is 2.25. The number of ether oxygens (including phenoxy) is 1. The Bertz CT molecular complexity index is 631. The van der Waals surface area contributed by atoms with Crippen molar-refractivity contribution < 1.29 is 9.53 Å². The van der Waals surface area contributed by atoms with E-state index in [0.29, 0.717) is 17.1 Å². The van der Waals surface area contributed by atoms with Crippen LogP contribution in [0.15, 0.2) is 48.8 Å². The summed E-state index contributed by atoms with van der Waals surface area (Å²) in [6.45, 7) is 1.36. The van der Waals surface area contributed by atoms with Crippen LogP contribution in [0.5, 0.6) is 5.75 Å². The quantitative estimate of drug-likeness (QED) is 0.871. The van der Waals surface area contributed by atoms with E-state index < -0.39 is 0 Å². The maximum atomic E-state index is 12.5.